The normalized spacial score (nSPS) is 18.0. The van der Waals surface area contributed by atoms with Crippen LogP contribution >= 0.6 is 12.4 Å². The summed E-state index contributed by atoms with van der Waals surface area (Å²) in [4.78, 5) is 11.8. The van der Waals surface area contributed by atoms with Crippen molar-refractivity contribution in [3.63, 3.8) is 0 Å². The maximum Gasteiger partial charge on any atom is 0.258 e. The van der Waals surface area contributed by atoms with E-state index in [2.05, 4.69) is 10.6 Å². The number of carbonyl (C=O) groups is 1. The van der Waals surface area contributed by atoms with Gasteiger partial charge in [-0.3, -0.25) is 4.79 Å². The summed E-state index contributed by atoms with van der Waals surface area (Å²) >= 11 is 0. The van der Waals surface area contributed by atoms with Crippen LogP contribution < -0.4 is 15.4 Å². The SMILES string of the molecule is Cc1ccc(C)c(OCC(=O)NC2CCCNC2)c1.Cl. The standard InChI is InChI=1S/C15H22N2O2.ClH/c1-11-5-6-12(2)14(8-11)19-10-15(18)17-13-4-3-7-16-9-13;/h5-6,8,13,16H,3-4,7,9-10H2,1-2H3,(H,17,18);1H. The van der Waals surface area contributed by atoms with E-state index in [1.54, 1.807) is 0 Å². The van der Waals surface area contributed by atoms with Gasteiger partial charge in [-0.1, -0.05) is 12.1 Å². The van der Waals surface area contributed by atoms with Gasteiger partial charge in [-0.2, -0.15) is 0 Å². The topological polar surface area (TPSA) is 50.4 Å². The summed E-state index contributed by atoms with van der Waals surface area (Å²) in [5, 5.41) is 6.27. The van der Waals surface area contributed by atoms with E-state index in [-0.39, 0.29) is 31.0 Å². The van der Waals surface area contributed by atoms with Gasteiger partial charge < -0.3 is 15.4 Å². The first-order valence-corrected chi connectivity index (χ1v) is 6.85. The van der Waals surface area contributed by atoms with Gasteiger partial charge in [0, 0.05) is 12.6 Å². The molecule has 5 heteroatoms. The quantitative estimate of drug-likeness (QED) is 0.893. The molecule has 1 fully saturated rings. The molecule has 1 atom stereocenters. The van der Waals surface area contributed by atoms with Gasteiger partial charge >= 0.3 is 0 Å². The second kappa shape index (κ2) is 8.12. The average Bonchev–Trinajstić information content (AvgIpc) is 2.41. The van der Waals surface area contributed by atoms with Crippen LogP contribution in [0.4, 0.5) is 0 Å². The molecule has 1 unspecified atom stereocenters. The number of halogens is 1. The van der Waals surface area contributed by atoms with E-state index in [0.29, 0.717) is 0 Å². The second-order valence-corrected chi connectivity index (χ2v) is 5.17. The zero-order valence-electron chi connectivity index (χ0n) is 12.1. The van der Waals surface area contributed by atoms with Crippen LogP contribution in [-0.4, -0.2) is 31.6 Å². The summed E-state index contributed by atoms with van der Waals surface area (Å²) < 4.78 is 5.59. The molecule has 0 aromatic heterocycles. The van der Waals surface area contributed by atoms with Crippen molar-refractivity contribution in [2.24, 2.45) is 0 Å². The highest BCUT2D eigenvalue weighted by atomic mass is 35.5. The smallest absolute Gasteiger partial charge is 0.258 e. The van der Waals surface area contributed by atoms with Crippen molar-refractivity contribution < 1.29 is 9.53 Å². The molecule has 1 amide bonds. The fraction of sp³-hybridized carbons (Fsp3) is 0.533. The summed E-state index contributed by atoms with van der Waals surface area (Å²) in [6, 6.07) is 6.25. The molecule has 1 saturated heterocycles. The number of ether oxygens (including phenoxy) is 1. The predicted octanol–water partition coefficient (Wildman–Crippen LogP) is 1.97. The number of rotatable bonds is 4. The first-order valence-electron chi connectivity index (χ1n) is 6.85. The van der Waals surface area contributed by atoms with Crippen LogP contribution in [0.25, 0.3) is 0 Å². The van der Waals surface area contributed by atoms with E-state index in [0.717, 1.165) is 42.8 Å². The Bertz CT molecular complexity index is 445. The predicted molar refractivity (Wildman–Crippen MR) is 82.7 cm³/mol. The van der Waals surface area contributed by atoms with Gasteiger partial charge in [-0.25, -0.2) is 0 Å². The number of benzene rings is 1. The monoisotopic (exact) mass is 298 g/mol. The second-order valence-electron chi connectivity index (χ2n) is 5.17. The summed E-state index contributed by atoms with van der Waals surface area (Å²) in [7, 11) is 0. The molecule has 0 radical (unpaired) electrons. The zero-order chi connectivity index (χ0) is 13.7. The van der Waals surface area contributed by atoms with Crippen LogP contribution in [0.2, 0.25) is 0 Å². The number of amides is 1. The highest BCUT2D eigenvalue weighted by molar-refractivity contribution is 5.85. The average molecular weight is 299 g/mol. The molecule has 1 aliphatic heterocycles. The number of aryl methyl sites for hydroxylation is 2. The third kappa shape index (κ3) is 5.02. The third-order valence-electron chi connectivity index (χ3n) is 3.36. The minimum Gasteiger partial charge on any atom is -0.483 e. The molecule has 0 spiro atoms. The molecule has 0 bridgehead atoms. The van der Waals surface area contributed by atoms with Crippen molar-refractivity contribution in [1.29, 1.82) is 0 Å². The van der Waals surface area contributed by atoms with E-state index >= 15 is 0 Å². The largest absolute Gasteiger partial charge is 0.483 e. The van der Waals surface area contributed by atoms with Gasteiger partial charge in [0.15, 0.2) is 6.61 Å². The van der Waals surface area contributed by atoms with Crippen LogP contribution in [0, 0.1) is 13.8 Å². The van der Waals surface area contributed by atoms with Crippen molar-refractivity contribution in [1.82, 2.24) is 10.6 Å². The molecule has 1 aromatic carbocycles. The first-order chi connectivity index (χ1) is 9.15. The third-order valence-corrected chi connectivity index (χ3v) is 3.36. The minimum atomic E-state index is -0.0467. The lowest BCUT2D eigenvalue weighted by Gasteiger charge is -2.23. The Morgan fingerprint density at radius 3 is 2.95 bits per heavy atom. The first kappa shape index (κ1) is 16.8. The molecule has 1 heterocycles. The van der Waals surface area contributed by atoms with Gasteiger partial charge in [0.05, 0.1) is 0 Å². The lowest BCUT2D eigenvalue weighted by Crippen LogP contribution is -2.47. The molecule has 1 aliphatic rings. The van der Waals surface area contributed by atoms with Crippen LogP contribution in [0.15, 0.2) is 18.2 Å². The molecule has 1 aromatic rings. The van der Waals surface area contributed by atoms with Crippen LogP contribution in [0.1, 0.15) is 24.0 Å². The highest BCUT2D eigenvalue weighted by Crippen LogP contribution is 2.18. The van der Waals surface area contributed by atoms with E-state index in [9.17, 15) is 4.79 Å². The van der Waals surface area contributed by atoms with Gasteiger partial charge in [0.2, 0.25) is 0 Å². The van der Waals surface area contributed by atoms with Crippen LogP contribution in [0.5, 0.6) is 5.75 Å². The van der Waals surface area contributed by atoms with E-state index in [4.69, 9.17) is 4.74 Å². The number of nitrogens with one attached hydrogen (secondary N) is 2. The summed E-state index contributed by atoms with van der Waals surface area (Å²) in [5.41, 5.74) is 2.19. The van der Waals surface area contributed by atoms with Gasteiger partial charge in [-0.05, 0) is 50.4 Å². The van der Waals surface area contributed by atoms with Gasteiger partial charge in [0.1, 0.15) is 5.75 Å². The van der Waals surface area contributed by atoms with Crippen molar-refractivity contribution >= 4 is 18.3 Å². The fourth-order valence-electron chi connectivity index (χ4n) is 2.25. The molecule has 2 N–H and O–H groups in total. The Balaban J connectivity index is 0.00000200. The van der Waals surface area contributed by atoms with Crippen LogP contribution in [-0.2, 0) is 4.79 Å². The van der Waals surface area contributed by atoms with Gasteiger partial charge in [-0.15, -0.1) is 12.4 Å². The Hall–Kier alpha value is -1.26. The van der Waals surface area contributed by atoms with Crippen molar-refractivity contribution in [3.05, 3.63) is 29.3 Å². The lowest BCUT2D eigenvalue weighted by atomic mass is 10.1. The molecular formula is C15H23ClN2O2. The highest BCUT2D eigenvalue weighted by Gasteiger charge is 2.15. The van der Waals surface area contributed by atoms with E-state index < -0.39 is 0 Å². The maximum absolute atomic E-state index is 11.8. The summed E-state index contributed by atoms with van der Waals surface area (Å²) in [6.07, 6.45) is 2.16. The molecule has 20 heavy (non-hydrogen) atoms. The lowest BCUT2D eigenvalue weighted by molar-refractivity contribution is -0.123. The van der Waals surface area contributed by atoms with Crippen molar-refractivity contribution in [3.8, 4) is 5.75 Å². The van der Waals surface area contributed by atoms with Crippen LogP contribution in [0.3, 0.4) is 0 Å². The molecule has 0 saturated carbocycles. The minimum absolute atomic E-state index is 0. The Labute approximate surface area is 126 Å². The Morgan fingerprint density at radius 2 is 2.25 bits per heavy atom. The van der Waals surface area contributed by atoms with E-state index in [1.807, 2.05) is 32.0 Å². The Kier molecular flexibility index (Phi) is 6.82. The number of carbonyl (C=O) groups excluding carboxylic acids is 1. The fourth-order valence-corrected chi connectivity index (χ4v) is 2.25. The summed E-state index contributed by atoms with van der Waals surface area (Å²) in [6.45, 7) is 5.99. The molecule has 2 rings (SSSR count). The number of hydrogen-bond donors (Lipinski definition) is 2. The maximum atomic E-state index is 11.8. The number of piperidine rings is 1. The zero-order valence-corrected chi connectivity index (χ0v) is 12.9. The molecule has 4 nitrogen and oxygen atoms in total. The Morgan fingerprint density at radius 1 is 1.45 bits per heavy atom. The molecular weight excluding hydrogens is 276 g/mol. The van der Waals surface area contributed by atoms with E-state index in [1.165, 1.54) is 0 Å². The number of hydrogen-bond acceptors (Lipinski definition) is 3. The molecule has 112 valence electrons. The van der Waals surface area contributed by atoms with Crippen molar-refractivity contribution in [2.75, 3.05) is 19.7 Å². The molecule has 0 aliphatic carbocycles. The van der Waals surface area contributed by atoms with Gasteiger partial charge in [0.25, 0.3) is 5.91 Å². The summed E-state index contributed by atoms with van der Waals surface area (Å²) in [5.74, 6) is 0.742. The van der Waals surface area contributed by atoms with Crippen molar-refractivity contribution in [2.45, 2.75) is 32.7 Å².